The maximum atomic E-state index is 12.7. The molecule has 1 aromatic rings. The van der Waals surface area contributed by atoms with Crippen LogP contribution in [0.15, 0.2) is 24.3 Å². The van der Waals surface area contributed by atoms with Gasteiger partial charge in [-0.25, -0.2) is 0 Å². The lowest BCUT2D eigenvalue weighted by Crippen LogP contribution is -2.47. The van der Waals surface area contributed by atoms with Crippen molar-refractivity contribution in [3.63, 3.8) is 0 Å². The maximum Gasteiger partial charge on any atom is 0.239 e. The highest BCUT2D eigenvalue weighted by atomic mass is 35.5. The van der Waals surface area contributed by atoms with Crippen molar-refractivity contribution in [1.29, 1.82) is 0 Å². The summed E-state index contributed by atoms with van der Waals surface area (Å²) in [4.78, 5) is 28.9. The van der Waals surface area contributed by atoms with Gasteiger partial charge in [0.1, 0.15) is 5.92 Å². The van der Waals surface area contributed by atoms with E-state index in [1.54, 1.807) is 21.9 Å². The van der Waals surface area contributed by atoms with Gasteiger partial charge in [-0.15, -0.1) is 0 Å². The van der Waals surface area contributed by atoms with Crippen LogP contribution in [0.25, 0.3) is 0 Å². The van der Waals surface area contributed by atoms with E-state index >= 15 is 0 Å². The first kappa shape index (κ1) is 16.3. The van der Waals surface area contributed by atoms with Crippen LogP contribution in [0.4, 0.5) is 5.69 Å². The van der Waals surface area contributed by atoms with Crippen molar-refractivity contribution < 1.29 is 9.59 Å². The van der Waals surface area contributed by atoms with E-state index in [0.29, 0.717) is 18.0 Å². The SMILES string of the molecule is CN(C(=O)C1CCN(c2cccc(Cl)c2)C1=O)C1CCNCC1. The van der Waals surface area contributed by atoms with Crippen LogP contribution in [0, 0.1) is 5.92 Å². The van der Waals surface area contributed by atoms with Crippen LogP contribution in [0.5, 0.6) is 0 Å². The molecule has 2 amide bonds. The Morgan fingerprint density at radius 1 is 1.30 bits per heavy atom. The normalized spacial score (nSPS) is 22.4. The van der Waals surface area contributed by atoms with Crippen LogP contribution >= 0.6 is 11.6 Å². The summed E-state index contributed by atoms with van der Waals surface area (Å²) in [5.41, 5.74) is 0.766. The highest BCUT2D eigenvalue weighted by molar-refractivity contribution is 6.31. The number of hydrogen-bond donors (Lipinski definition) is 1. The average Bonchev–Trinajstić information content (AvgIpc) is 2.96. The number of nitrogens with zero attached hydrogens (tertiary/aromatic N) is 2. The van der Waals surface area contributed by atoms with Crippen molar-refractivity contribution >= 4 is 29.1 Å². The lowest BCUT2D eigenvalue weighted by molar-refractivity contribution is -0.140. The van der Waals surface area contributed by atoms with Gasteiger partial charge in [-0.1, -0.05) is 17.7 Å². The predicted octanol–water partition coefficient (Wildman–Crippen LogP) is 1.90. The number of piperidine rings is 1. The van der Waals surface area contributed by atoms with E-state index in [0.717, 1.165) is 31.6 Å². The number of carbonyl (C=O) groups is 2. The summed E-state index contributed by atoms with van der Waals surface area (Å²) in [6.45, 7) is 2.42. The van der Waals surface area contributed by atoms with Gasteiger partial charge in [-0.2, -0.15) is 0 Å². The molecule has 1 unspecified atom stereocenters. The molecule has 0 bridgehead atoms. The molecule has 1 atom stereocenters. The minimum absolute atomic E-state index is 0.0496. The molecule has 0 aliphatic carbocycles. The summed E-state index contributed by atoms with van der Waals surface area (Å²) in [5.74, 6) is -0.724. The van der Waals surface area contributed by atoms with Crippen LogP contribution in [0.3, 0.4) is 0 Å². The maximum absolute atomic E-state index is 12.7. The van der Waals surface area contributed by atoms with E-state index in [4.69, 9.17) is 11.6 Å². The predicted molar refractivity (Wildman–Crippen MR) is 90.6 cm³/mol. The smallest absolute Gasteiger partial charge is 0.239 e. The van der Waals surface area contributed by atoms with Gasteiger partial charge < -0.3 is 15.1 Å². The molecule has 2 aliphatic heterocycles. The topological polar surface area (TPSA) is 52.7 Å². The van der Waals surface area contributed by atoms with E-state index in [1.165, 1.54) is 0 Å². The zero-order valence-corrected chi connectivity index (χ0v) is 14.1. The largest absolute Gasteiger partial charge is 0.342 e. The van der Waals surface area contributed by atoms with Crippen LogP contribution in [-0.2, 0) is 9.59 Å². The van der Waals surface area contributed by atoms with Gasteiger partial charge in [0.15, 0.2) is 0 Å². The summed E-state index contributed by atoms with van der Waals surface area (Å²) in [7, 11) is 1.83. The first-order valence-corrected chi connectivity index (χ1v) is 8.50. The summed E-state index contributed by atoms with van der Waals surface area (Å²) in [6, 6.07) is 7.45. The second-order valence-corrected chi connectivity index (χ2v) is 6.68. The van der Waals surface area contributed by atoms with Gasteiger partial charge >= 0.3 is 0 Å². The summed E-state index contributed by atoms with van der Waals surface area (Å²) in [5, 5.41) is 3.89. The summed E-state index contributed by atoms with van der Waals surface area (Å²) >= 11 is 6.00. The van der Waals surface area contributed by atoms with Crippen LogP contribution in [-0.4, -0.2) is 49.4 Å². The molecule has 1 N–H and O–H groups in total. The first-order chi connectivity index (χ1) is 11.1. The Kier molecular flexibility index (Phi) is 4.87. The van der Waals surface area contributed by atoms with Crippen molar-refractivity contribution in [2.45, 2.75) is 25.3 Å². The molecule has 0 radical (unpaired) electrons. The molecule has 0 saturated carbocycles. The monoisotopic (exact) mass is 335 g/mol. The number of rotatable bonds is 3. The molecule has 23 heavy (non-hydrogen) atoms. The van der Waals surface area contributed by atoms with E-state index in [-0.39, 0.29) is 17.9 Å². The molecule has 5 nitrogen and oxygen atoms in total. The molecule has 2 aliphatic rings. The fourth-order valence-corrected chi connectivity index (χ4v) is 3.61. The third-order valence-corrected chi connectivity index (χ3v) is 5.06. The minimum atomic E-state index is -0.561. The second kappa shape index (κ2) is 6.89. The van der Waals surface area contributed by atoms with Crippen LogP contribution in [0.2, 0.25) is 5.02 Å². The van der Waals surface area contributed by atoms with Crippen molar-refractivity contribution in [1.82, 2.24) is 10.2 Å². The standard InChI is InChI=1S/C17H22ClN3O2/c1-20(13-5-8-19-9-6-13)16(22)15-7-10-21(17(15)23)14-4-2-3-12(18)11-14/h2-4,11,13,15,19H,5-10H2,1H3. The average molecular weight is 336 g/mol. The van der Waals surface area contributed by atoms with E-state index in [9.17, 15) is 9.59 Å². The van der Waals surface area contributed by atoms with E-state index in [2.05, 4.69) is 5.32 Å². The fourth-order valence-electron chi connectivity index (χ4n) is 3.43. The number of halogens is 1. The fraction of sp³-hybridized carbons (Fsp3) is 0.529. The number of carbonyl (C=O) groups excluding carboxylic acids is 2. The van der Waals surface area contributed by atoms with Gasteiger partial charge in [0.05, 0.1) is 0 Å². The number of anilines is 1. The van der Waals surface area contributed by atoms with Gasteiger partial charge in [-0.3, -0.25) is 9.59 Å². The zero-order valence-electron chi connectivity index (χ0n) is 13.3. The molecular formula is C17H22ClN3O2. The molecule has 1 aromatic carbocycles. The summed E-state index contributed by atoms with van der Waals surface area (Å²) < 4.78 is 0. The number of amides is 2. The van der Waals surface area contributed by atoms with Gasteiger partial charge in [0.25, 0.3) is 0 Å². The van der Waals surface area contributed by atoms with Gasteiger partial charge in [0, 0.05) is 30.3 Å². The minimum Gasteiger partial charge on any atom is -0.342 e. The molecule has 0 aromatic heterocycles. The molecule has 2 heterocycles. The Hall–Kier alpha value is -1.59. The zero-order chi connectivity index (χ0) is 16.4. The van der Waals surface area contributed by atoms with E-state index < -0.39 is 5.92 Å². The highest BCUT2D eigenvalue weighted by Crippen LogP contribution is 2.28. The Bertz CT molecular complexity index is 601. The molecule has 124 valence electrons. The molecule has 2 fully saturated rings. The van der Waals surface area contributed by atoms with Gasteiger partial charge in [0.2, 0.25) is 11.8 Å². The molecule has 6 heteroatoms. The molecular weight excluding hydrogens is 314 g/mol. The van der Waals surface area contributed by atoms with Crippen molar-refractivity contribution in [3.8, 4) is 0 Å². The molecule has 0 spiro atoms. The van der Waals surface area contributed by atoms with Crippen molar-refractivity contribution in [2.24, 2.45) is 5.92 Å². The second-order valence-electron chi connectivity index (χ2n) is 6.24. The third-order valence-electron chi connectivity index (χ3n) is 4.83. The summed E-state index contributed by atoms with van der Waals surface area (Å²) in [6.07, 6.45) is 2.46. The molecule has 3 rings (SSSR count). The quantitative estimate of drug-likeness (QED) is 0.858. The number of hydrogen-bond acceptors (Lipinski definition) is 3. The molecule has 2 saturated heterocycles. The van der Waals surface area contributed by atoms with Crippen molar-refractivity contribution in [2.75, 3.05) is 31.6 Å². The highest BCUT2D eigenvalue weighted by Gasteiger charge is 2.40. The Morgan fingerprint density at radius 3 is 2.74 bits per heavy atom. The third kappa shape index (κ3) is 3.35. The van der Waals surface area contributed by atoms with Crippen LogP contribution < -0.4 is 10.2 Å². The lowest BCUT2D eigenvalue weighted by atomic mass is 10.0. The lowest BCUT2D eigenvalue weighted by Gasteiger charge is -2.33. The van der Waals surface area contributed by atoms with Crippen LogP contribution in [0.1, 0.15) is 19.3 Å². The van der Waals surface area contributed by atoms with E-state index in [1.807, 2.05) is 19.2 Å². The van der Waals surface area contributed by atoms with Gasteiger partial charge in [-0.05, 0) is 50.6 Å². The Balaban J connectivity index is 1.69. The number of nitrogens with one attached hydrogen (secondary N) is 1. The van der Waals surface area contributed by atoms with Crippen molar-refractivity contribution in [3.05, 3.63) is 29.3 Å². The number of benzene rings is 1. The Morgan fingerprint density at radius 2 is 2.04 bits per heavy atom. The first-order valence-electron chi connectivity index (χ1n) is 8.12. The Labute approximate surface area is 141 Å².